The molecule has 1 atom stereocenters. The van der Waals surface area contributed by atoms with Crippen LogP contribution < -0.4 is 5.32 Å². The molecule has 2 saturated carbocycles. The maximum Gasteiger partial charge on any atom is 0.0620 e. The molecule has 2 fully saturated rings. The lowest BCUT2D eigenvalue weighted by atomic mass is 9.89. The fraction of sp³-hybridized carbons (Fsp3) is 1.00. The van der Waals surface area contributed by atoms with Crippen LogP contribution in [0.25, 0.3) is 0 Å². The Labute approximate surface area is 106 Å². The summed E-state index contributed by atoms with van der Waals surface area (Å²) in [6.07, 6.45) is 8.16. The molecule has 0 aromatic carbocycles. The molecule has 0 heterocycles. The SMILES string of the molecule is CNC1CCC(N(C)C(COC)C2CC2)CC1. The van der Waals surface area contributed by atoms with Crippen LogP contribution in [0.2, 0.25) is 0 Å². The zero-order chi connectivity index (χ0) is 12.3. The molecular formula is C14H28N2O. The normalized spacial score (nSPS) is 31.8. The average molecular weight is 240 g/mol. The van der Waals surface area contributed by atoms with Gasteiger partial charge in [0.1, 0.15) is 0 Å². The van der Waals surface area contributed by atoms with Crippen LogP contribution in [0.4, 0.5) is 0 Å². The zero-order valence-corrected chi connectivity index (χ0v) is 11.6. The number of ether oxygens (including phenoxy) is 1. The second kappa shape index (κ2) is 6.17. The van der Waals surface area contributed by atoms with Crippen molar-refractivity contribution in [1.82, 2.24) is 10.2 Å². The number of nitrogens with zero attached hydrogens (tertiary/aromatic N) is 1. The van der Waals surface area contributed by atoms with Crippen molar-refractivity contribution >= 4 is 0 Å². The van der Waals surface area contributed by atoms with E-state index < -0.39 is 0 Å². The van der Waals surface area contributed by atoms with Crippen LogP contribution >= 0.6 is 0 Å². The van der Waals surface area contributed by atoms with Gasteiger partial charge in [-0.1, -0.05) is 0 Å². The van der Waals surface area contributed by atoms with Gasteiger partial charge in [-0.15, -0.1) is 0 Å². The smallest absolute Gasteiger partial charge is 0.0620 e. The summed E-state index contributed by atoms with van der Waals surface area (Å²) in [5.41, 5.74) is 0. The molecule has 3 heteroatoms. The summed E-state index contributed by atoms with van der Waals surface area (Å²) >= 11 is 0. The molecule has 2 rings (SSSR count). The number of nitrogens with one attached hydrogen (secondary N) is 1. The van der Waals surface area contributed by atoms with Crippen LogP contribution in [0, 0.1) is 5.92 Å². The first-order valence-corrected chi connectivity index (χ1v) is 7.14. The van der Waals surface area contributed by atoms with E-state index in [2.05, 4.69) is 24.3 Å². The fourth-order valence-corrected chi connectivity index (χ4v) is 3.28. The summed E-state index contributed by atoms with van der Waals surface area (Å²) in [7, 11) is 6.24. The van der Waals surface area contributed by atoms with Gasteiger partial charge in [0.25, 0.3) is 0 Å². The Morgan fingerprint density at radius 1 is 1.18 bits per heavy atom. The molecule has 0 aliphatic heterocycles. The maximum atomic E-state index is 5.41. The van der Waals surface area contributed by atoms with Crippen molar-refractivity contribution in [2.75, 3.05) is 27.8 Å². The van der Waals surface area contributed by atoms with E-state index in [1.54, 1.807) is 0 Å². The van der Waals surface area contributed by atoms with E-state index in [1.807, 2.05) is 7.11 Å². The Bertz CT molecular complexity index is 222. The highest BCUT2D eigenvalue weighted by atomic mass is 16.5. The summed E-state index contributed by atoms with van der Waals surface area (Å²) in [5.74, 6) is 0.905. The molecule has 2 aliphatic carbocycles. The minimum Gasteiger partial charge on any atom is -0.383 e. The second-order valence-corrected chi connectivity index (χ2v) is 5.82. The van der Waals surface area contributed by atoms with Gasteiger partial charge in [-0.2, -0.15) is 0 Å². The van der Waals surface area contributed by atoms with Crippen LogP contribution in [0.15, 0.2) is 0 Å². The van der Waals surface area contributed by atoms with Crippen molar-refractivity contribution in [1.29, 1.82) is 0 Å². The zero-order valence-electron chi connectivity index (χ0n) is 11.6. The van der Waals surface area contributed by atoms with Gasteiger partial charge in [0.15, 0.2) is 0 Å². The Balaban J connectivity index is 1.83. The molecule has 0 aromatic heterocycles. The predicted molar refractivity (Wildman–Crippen MR) is 71.3 cm³/mol. The molecule has 17 heavy (non-hydrogen) atoms. The van der Waals surface area contributed by atoms with Crippen molar-refractivity contribution < 1.29 is 4.74 Å². The Morgan fingerprint density at radius 3 is 2.29 bits per heavy atom. The standard InChI is InChI=1S/C14H28N2O/c1-15-12-6-8-13(9-7-12)16(2)14(10-17-3)11-4-5-11/h11-15H,4-10H2,1-3H3. The summed E-state index contributed by atoms with van der Waals surface area (Å²) in [6, 6.07) is 2.19. The number of likely N-dealkylation sites (N-methyl/N-ethyl adjacent to an activating group) is 1. The van der Waals surface area contributed by atoms with Gasteiger partial charge in [-0.3, -0.25) is 4.90 Å². The first-order chi connectivity index (χ1) is 8.26. The summed E-state index contributed by atoms with van der Waals surface area (Å²) in [6.45, 7) is 0.910. The van der Waals surface area contributed by atoms with Gasteiger partial charge in [0.05, 0.1) is 6.61 Å². The molecule has 2 aliphatic rings. The van der Waals surface area contributed by atoms with Crippen molar-refractivity contribution in [2.45, 2.75) is 56.7 Å². The van der Waals surface area contributed by atoms with E-state index in [-0.39, 0.29) is 0 Å². The minimum atomic E-state index is 0.663. The molecule has 0 saturated heterocycles. The molecule has 0 amide bonds. The molecule has 0 aromatic rings. The highest BCUT2D eigenvalue weighted by Gasteiger charge is 2.37. The van der Waals surface area contributed by atoms with E-state index in [0.29, 0.717) is 6.04 Å². The van der Waals surface area contributed by atoms with Gasteiger partial charge in [-0.25, -0.2) is 0 Å². The third kappa shape index (κ3) is 3.43. The van der Waals surface area contributed by atoms with Gasteiger partial charge in [0, 0.05) is 25.2 Å². The van der Waals surface area contributed by atoms with E-state index >= 15 is 0 Å². The highest BCUT2D eigenvalue weighted by molar-refractivity contribution is 4.91. The molecule has 0 radical (unpaired) electrons. The van der Waals surface area contributed by atoms with E-state index in [0.717, 1.165) is 24.6 Å². The van der Waals surface area contributed by atoms with Crippen LogP contribution in [0.1, 0.15) is 38.5 Å². The number of rotatable bonds is 6. The van der Waals surface area contributed by atoms with Gasteiger partial charge in [0.2, 0.25) is 0 Å². The van der Waals surface area contributed by atoms with Crippen LogP contribution in [-0.2, 0) is 4.74 Å². The van der Waals surface area contributed by atoms with Crippen LogP contribution in [0.3, 0.4) is 0 Å². The third-order valence-corrected chi connectivity index (χ3v) is 4.71. The van der Waals surface area contributed by atoms with Gasteiger partial charge < -0.3 is 10.1 Å². The molecule has 0 spiro atoms. The topological polar surface area (TPSA) is 24.5 Å². The third-order valence-electron chi connectivity index (χ3n) is 4.71. The van der Waals surface area contributed by atoms with Gasteiger partial charge >= 0.3 is 0 Å². The molecule has 0 bridgehead atoms. The monoisotopic (exact) mass is 240 g/mol. The lowest BCUT2D eigenvalue weighted by Crippen LogP contribution is -2.47. The molecule has 3 nitrogen and oxygen atoms in total. The Kier molecular flexibility index (Phi) is 4.83. The Hall–Kier alpha value is -0.120. The lowest BCUT2D eigenvalue weighted by Gasteiger charge is -2.39. The van der Waals surface area contributed by atoms with Gasteiger partial charge in [-0.05, 0) is 58.5 Å². The second-order valence-electron chi connectivity index (χ2n) is 5.82. The largest absolute Gasteiger partial charge is 0.383 e. The minimum absolute atomic E-state index is 0.663. The van der Waals surface area contributed by atoms with E-state index in [4.69, 9.17) is 4.74 Å². The quantitative estimate of drug-likeness (QED) is 0.767. The fourth-order valence-electron chi connectivity index (χ4n) is 3.28. The first kappa shape index (κ1) is 13.3. The molecular weight excluding hydrogens is 212 g/mol. The maximum absolute atomic E-state index is 5.41. The predicted octanol–water partition coefficient (Wildman–Crippen LogP) is 1.87. The molecule has 1 unspecified atom stereocenters. The highest BCUT2D eigenvalue weighted by Crippen LogP contribution is 2.37. The van der Waals surface area contributed by atoms with Crippen LogP contribution in [-0.4, -0.2) is 50.8 Å². The summed E-state index contributed by atoms with van der Waals surface area (Å²) < 4.78 is 5.41. The molecule has 1 N–H and O–H groups in total. The van der Waals surface area contributed by atoms with Crippen LogP contribution in [0.5, 0.6) is 0 Å². The average Bonchev–Trinajstić information content (AvgIpc) is 3.19. The lowest BCUT2D eigenvalue weighted by molar-refractivity contribution is 0.0524. The number of hydrogen-bond donors (Lipinski definition) is 1. The van der Waals surface area contributed by atoms with E-state index in [1.165, 1.54) is 38.5 Å². The summed E-state index contributed by atoms with van der Waals surface area (Å²) in [4.78, 5) is 2.62. The Morgan fingerprint density at radius 2 is 1.82 bits per heavy atom. The van der Waals surface area contributed by atoms with E-state index in [9.17, 15) is 0 Å². The number of methoxy groups -OCH3 is 1. The van der Waals surface area contributed by atoms with Crippen molar-refractivity contribution in [3.63, 3.8) is 0 Å². The van der Waals surface area contributed by atoms with Crippen molar-refractivity contribution in [3.8, 4) is 0 Å². The first-order valence-electron chi connectivity index (χ1n) is 7.14. The number of hydrogen-bond acceptors (Lipinski definition) is 3. The molecule has 100 valence electrons. The van der Waals surface area contributed by atoms with Crippen molar-refractivity contribution in [3.05, 3.63) is 0 Å². The van der Waals surface area contributed by atoms with Crippen molar-refractivity contribution in [2.24, 2.45) is 5.92 Å². The summed E-state index contributed by atoms with van der Waals surface area (Å²) in [5, 5.41) is 3.41.